The molecule has 148 valence electrons. The maximum Gasteiger partial charge on any atom is 0.117 e. The molecule has 1 aromatic heterocycles. The number of benzene rings is 1. The molecule has 0 saturated heterocycles. The lowest BCUT2D eigenvalue weighted by Crippen LogP contribution is -2.31. The summed E-state index contributed by atoms with van der Waals surface area (Å²) in [7, 11) is 0. The molecule has 1 aliphatic carbocycles. The van der Waals surface area contributed by atoms with E-state index in [9.17, 15) is 0 Å². The molecule has 0 bridgehead atoms. The van der Waals surface area contributed by atoms with Gasteiger partial charge in [0.1, 0.15) is 5.82 Å². The van der Waals surface area contributed by atoms with Crippen LogP contribution in [0.3, 0.4) is 0 Å². The molecular weight excluding hydrogens is 342 g/mol. The zero-order chi connectivity index (χ0) is 19.2. The van der Waals surface area contributed by atoms with Crippen LogP contribution in [0, 0.1) is 5.92 Å². The van der Waals surface area contributed by atoms with Crippen molar-refractivity contribution >= 4 is 11.5 Å². The Morgan fingerprint density at radius 3 is 2.64 bits per heavy atom. The second-order valence-corrected chi connectivity index (χ2v) is 8.30. The first kappa shape index (κ1) is 19.1. The third-order valence-electron chi connectivity index (χ3n) is 6.15. The standard InChI is InChI=1S/C25H33N3/c1-21(19-22-11-3-2-4-12-22)26-20-23-13-5-6-14-24(23)28-18-8-7-15-25(28)27-16-9-10-17-27/h5-10,13-17,21-22,26H,2-4,11-12,18-20H2,1H3. The van der Waals surface area contributed by atoms with Crippen LogP contribution in [0.15, 0.2) is 67.0 Å². The molecule has 2 aliphatic rings. The minimum atomic E-state index is 0.567. The highest BCUT2D eigenvalue weighted by Crippen LogP contribution is 2.29. The van der Waals surface area contributed by atoms with Crippen molar-refractivity contribution in [2.75, 3.05) is 11.4 Å². The highest BCUT2D eigenvalue weighted by molar-refractivity contribution is 5.73. The molecule has 1 aliphatic heterocycles. The Labute approximate surface area is 169 Å². The van der Waals surface area contributed by atoms with E-state index in [1.807, 2.05) is 0 Å². The maximum absolute atomic E-state index is 3.80. The third-order valence-corrected chi connectivity index (χ3v) is 6.15. The number of anilines is 1. The van der Waals surface area contributed by atoms with Crippen LogP contribution in [0.5, 0.6) is 0 Å². The van der Waals surface area contributed by atoms with E-state index in [1.165, 1.54) is 55.6 Å². The quantitative estimate of drug-likeness (QED) is 0.659. The van der Waals surface area contributed by atoms with E-state index in [4.69, 9.17) is 0 Å². The van der Waals surface area contributed by atoms with Crippen molar-refractivity contribution in [2.45, 2.75) is 58.0 Å². The van der Waals surface area contributed by atoms with Crippen LogP contribution < -0.4 is 10.2 Å². The maximum atomic E-state index is 3.80. The molecule has 2 heterocycles. The predicted molar refractivity (Wildman–Crippen MR) is 119 cm³/mol. The number of hydrogen-bond donors (Lipinski definition) is 1. The normalized spacial score (nSPS) is 18.9. The first-order valence-electron chi connectivity index (χ1n) is 10.9. The molecule has 1 N–H and O–H groups in total. The van der Waals surface area contributed by atoms with Crippen molar-refractivity contribution in [3.8, 4) is 0 Å². The fraction of sp³-hybridized carbons (Fsp3) is 0.440. The molecule has 0 radical (unpaired) electrons. The van der Waals surface area contributed by atoms with Gasteiger partial charge in [0.25, 0.3) is 0 Å². The lowest BCUT2D eigenvalue weighted by Gasteiger charge is -2.31. The van der Waals surface area contributed by atoms with E-state index >= 15 is 0 Å². The second-order valence-electron chi connectivity index (χ2n) is 8.30. The van der Waals surface area contributed by atoms with Crippen molar-refractivity contribution in [3.63, 3.8) is 0 Å². The summed E-state index contributed by atoms with van der Waals surface area (Å²) in [6.07, 6.45) is 19.3. The molecule has 0 spiro atoms. The first-order valence-corrected chi connectivity index (χ1v) is 10.9. The zero-order valence-corrected chi connectivity index (χ0v) is 17.1. The van der Waals surface area contributed by atoms with Gasteiger partial charge in [0.05, 0.1) is 0 Å². The molecule has 0 amide bonds. The summed E-state index contributed by atoms with van der Waals surface area (Å²) >= 11 is 0. The van der Waals surface area contributed by atoms with Gasteiger partial charge in [0, 0.05) is 37.2 Å². The van der Waals surface area contributed by atoms with Crippen LogP contribution >= 0.6 is 0 Å². The van der Waals surface area contributed by atoms with Gasteiger partial charge in [0.2, 0.25) is 0 Å². The van der Waals surface area contributed by atoms with Crippen LogP contribution in [0.25, 0.3) is 5.82 Å². The van der Waals surface area contributed by atoms with E-state index < -0.39 is 0 Å². The number of nitrogens with one attached hydrogen (secondary N) is 1. The van der Waals surface area contributed by atoms with E-state index in [1.54, 1.807) is 0 Å². The monoisotopic (exact) mass is 375 g/mol. The van der Waals surface area contributed by atoms with E-state index in [-0.39, 0.29) is 0 Å². The van der Waals surface area contributed by atoms with Gasteiger partial charge in [0.15, 0.2) is 0 Å². The smallest absolute Gasteiger partial charge is 0.117 e. The SMILES string of the molecule is CC(CC1CCCCC1)NCc1ccccc1N1CC=CC=C1n1cccc1. The largest absolute Gasteiger partial charge is 0.323 e. The van der Waals surface area contributed by atoms with Crippen molar-refractivity contribution in [2.24, 2.45) is 5.92 Å². The highest BCUT2D eigenvalue weighted by Gasteiger charge is 2.19. The van der Waals surface area contributed by atoms with Crippen LogP contribution in [-0.2, 0) is 6.54 Å². The first-order chi connectivity index (χ1) is 13.8. The summed E-state index contributed by atoms with van der Waals surface area (Å²) in [5, 5.41) is 3.80. The van der Waals surface area contributed by atoms with Crippen LogP contribution in [0.2, 0.25) is 0 Å². The average Bonchev–Trinajstić information content (AvgIpc) is 3.28. The molecule has 3 nitrogen and oxygen atoms in total. The summed E-state index contributed by atoms with van der Waals surface area (Å²) in [5.41, 5.74) is 2.66. The molecular formula is C25H33N3. The van der Waals surface area contributed by atoms with E-state index in [2.05, 4.69) is 88.7 Å². The third kappa shape index (κ3) is 4.59. The van der Waals surface area contributed by atoms with Gasteiger partial charge in [-0.3, -0.25) is 0 Å². The van der Waals surface area contributed by atoms with Gasteiger partial charge < -0.3 is 14.8 Å². The summed E-state index contributed by atoms with van der Waals surface area (Å²) in [4.78, 5) is 2.41. The van der Waals surface area contributed by atoms with Gasteiger partial charge in [-0.1, -0.05) is 62.5 Å². The highest BCUT2D eigenvalue weighted by atomic mass is 15.3. The van der Waals surface area contributed by atoms with Crippen LogP contribution in [-0.4, -0.2) is 17.2 Å². The van der Waals surface area contributed by atoms with Gasteiger partial charge >= 0.3 is 0 Å². The van der Waals surface area contributed by atoms with Gasteiger partial charge in [-0.2, -0.15) is 0 Å². The van der Waals surface area contributed by atoms with E-state index in [0.29, 0.717) is 6.04 Å². The minimum absolute atomic E-state index is 0.567. The van der Waals surface area contributed by atoms with Crippen molar-refractivity contribution in [1.29, 1.82) is 0 Å². The Hall–Kier alpha value is -2.26. The number of hydrogen-bond acceptors (Lipinski definition) is 2. The topological polar surface area (TPSA) is 20.2 Å². The number of allylic oxidation sites excluding steroid dienone is 2. The van der Waals surface area contributed by atoms with Crippen molar-refractivity contribution in [3.05, 3.63) is 72.6 Å². The molecule has 1 atom stereocenters. The number of para-hydroxylation sites is 1. The Bertz CT molecular complexity index is 797. The fourth-order valence-corrected chi connectivity index (χ4v) is 4.65. The Kier molecular flexibility index (Phi) is 6.33. The predicted octanol–water partition coefficient (Wildman–Crippen LogP) is 5.81. The summed E-state index contributed by atoms with van der Waals surface area (Å²) in [6, 6.07) is 13.5. The fourth-order valence-electron chi connectivity index (χ4n) is 4.65. The van der Waals surface area contributed by atoms with E-state index in [0.717, 1.165) is 19.0 Å². The average molecular weight is 376 g/mol. The number of aromatic nitrogens is 1. The van der Waals surface area contributed by atoms with Crippen LogP contribution in [0.1, 0.15) is 51.0 Å². The number of nitrogens with zero attached hydrogens (tertiary/aromatic N) is 2. The Morgan fingerprint density at radius 1 is 1.04 bits per heavy atom. The molecule has 1 fully saturated rings. The summed E-state index contributed by atoms with van der Waals surface area (Å²) in [5.74, 6) is 2.12. The van der Waals surface area contributed by atoms with Gasteiger partial charge in [-0.05, 0) is 49.1 Å². The van der Waals surface area contributed by atoms with Gasteiger partial charge in [-0.15, -0.1) is 0 Å². The molecule has 3 heteroatoms. The summed E-state index contributed by atoms with van der Waals surface area (Å²) in [6.45, 7) is 4.17. The Balaban J connectivity index is 1.45. The number of rotatable bonds is 7. The second kappa shape index (κ2) is 9.29. The van der Waals surface area contributed by atoms with Crippen molar-refractivity contribution < 1.29 is 0 Å². The van der Waals surface area contributed by atoms with Gasteiger partial charge in [-0.25, -0.2) is 0 Å². The molecule has 28 heavy (non-hydrogen) atoms. The molecule has 1 saturated carbocycles. The molecule has 1 aromatic carbocycles. The van der Waals surface area contributed by atoms with Crippen molar-refractivity contribution in [1.82, 2.24) is 9.88 Å². The lowest BCUT2D eigenvalue weighted by molar-refractivity contribution is 0.304. The molecule has 2 aromatic rings. The summed E-state index contributed by atoms with van der Waals surface area (Å²) < 4.78 is 2.19. The minimum Gasteiger partial charge on any atom is -0.323 e. The zero-order valence-electron chi connectivity index (χ0n) is 17.1. The molecule has 4 rings (SSSR count). The Morgan fingerprint density at radius 2 is 1.82 bits per heavy atom. The van der Waals surface area contributed by atoms with Crippen LogP contribution in [0.4, 0.5) is 5.69 Å². The molecule has 1 unspecified atom stereocenters. The lowest BCUT2D eigenvalue weighted by atomic mass is 9.85.